The van der Waals surface area contributed by atoms with Crippen LogP contribution in [0.2, 0.25) is 0 Å². The first-order chi connectivity index (χ1) is 15.5. The Labute approximate surface area is 190 Å². The summed E-state index contributed by atoms with van der Waals surface area (Å²) >= 11 is 0. The van der Waals surface area contributed by atoms with Crippen molar-refractivity contribution in [3.8, 4) is 11.5 Å². The fraction of sp³-hybridized carbons (Fsp3) is 0.321. The van der Waals surface area contributed by atoms with Crippen LogP contribution in [0.25, 0.3) is 0 Å². The zero-order chi connectivity index (χ0) is 22.7. The predicted molar refractivity (Wildman–Crippen MR) is 129 cm³/mol. The van der Waals surface area contributed by atoms with Crippen molar-refractivity contribution in [2.24, 2.45) is 0 Å². The average molecular weight is 430 g/mol. The summed E-state index contributed by atoms with van der Waals surface area (Å²) in [4.78, 5) is 15.4. The Morgan fingerprint density at radius 2 is 1.53 bits per heavy atom. The number of carbonyl (C=O) groups is 1. The molecular weight excluding hydrogens is 398 g/mol. The smallest absolute Gasteiger partial charge is 0.232 e. The maximum absolute atomic E-state index is 13.5. The minimum absolute atomic E-state index is 0.0789. The topological polar surface area (TPSA) is 38.8 Å². The molecule has 0 spiro atoms. The summed E-state index contributed by atoms with van der Waals surface area (Å²) in [6, 6.07) is 22.4. The predicted octanol–water partition coefficient (Wildman–Crippen LogP) is 6.29. The molecule has 3 aromatic carbocycles. The van der Waals surface area contributed by atoms with Gasteiger partial charge in [-0.15, -0.1) is 0 Å². The van der Waals surface area contributed by atoms with Crippen molar-refractivity contribution in [1.29, 1.82) is 0 Å². The quantitative estimate of drug-likeness (QED) is 0.443. The summed E-state index contributed by atoms with van der Waals surface area (Å²) in [7, 11) is 0. The minimum atomic E-state index is -0.229. The van der Waals surface area contributed by atoms with E-state index in [1.165, 1.54) is 5.56 Å². The Hall–Kier alpha value is -3.27. The summed E-state index contributed by atoms with van der Waals surface area (Å²) in [6.07, 6.45) is 0.330. The van der Waals surface area contributed by atoms with Gasteiger partial charge in [0.2, 0.25) is 5.91 Å². The minimum Gasteiger partial charge on any atom is -0.490 e. The summed E-state index contributed by atoms with van der Waals surface area (Å²) < 4.78 is 11.8. The van der Waals surface area contributed by atoms with Gasteiger partial charge in [0, 0.05) is 5.69 Å². The van der Waals surface area contributed by atoms with E-state index in [0.29, 0.717) is 31.3 Å². The van der Waals surface area contributed by atoms with E-state index in [4.69, 9.17) is 9.47 Å². The lowest BCUT2D eigenvalue weighted by Gasteiger charge is -2.38. The molecule has 3 aromatic rings. The standard InChI is InChI=1S/C28H31NO3/c1-5-31-25-16-22-17-27(30)29(23-14-12-20(13-15-23)19(3)4)28(21-10-8-7-9-11-21)24(22)18-26(25)32-6-2/h7-16,18-19,28H,5-6,17H2,1-4H3. The van der Waals surface area contributed by atoms with Crippen LogP contribution >= 0.6 is 0 Å². The number of nitrogens with zero attached hydrogens (tertiary/aromatic N) is 1. The molecule has 0 aliphatic carbocycles. The Kier molecular flexibility index (Phi) is 6.50. The lowest BCUT2D eigenvalue weighted by atomic mass is 9.86. The number of anilines is 1. The molecule has 0 bridgehead atoms. The lowest BCUT2D eigenvalue weighted by molar-refractivity contribution is -0.118. The molecule has 1 amide bonds. The van der Waals surface area contributed by atoms with Gasteiger partial charge in [-0.05, 0) is 66.3 Å². The number of fused-ring (bicyclic) bond motifs is 1. The van der Waals surface area contributed by atoms with Gasteiger partial charge in [0.25, 0.3) is 0 Å². The van der Waals surface area contributed by atoms with Gasteiger partial charge in [-0.2, -0.15) is 0 Å². The van der Waals surface area contributed by atoms with Gasteiger partial charge < -0.3 is 14.4 Å². The van der Waals surface area contributed by atoms with E-state index in [1.807, 2.05) is 43.0 Å². The number of ether oxygens (including phenoxy) is 2. The summed E-state index contributed by atoms with van der Waals surface area (Å²) in [5, 5.41) is 0. The van der Waals surface area contributed by atoms with E-state index in [0.717, 1.165) is 28.1 Å². The molecule has 1 atom stereocenters. The molecule has 1 aliphatic heterocycles. The van der Waals surface area contributed by atoms with Crippen LogP contribution in [-0.4, -0.2) is 19.1 Å². The van der Waals surface area contributed by atoms with Crippen molar-refractivity contribution >= 4 is 11.6 Å². The van der Waals surface area contributed by atoms with E-state index in [2.05, 4.69) is 56.3 Å². The van der Waals surface area contributed by atoms with Crippen molar-refractivity contribution in [1.82, 2.24) is 0 Å². The van der Waals surface area contributed by atoms with E-state index < -0.39 is 0 Å². The van der Waals surface area contributed by atoms with Crippen LogP contribution in [0.1, 0.15) is 61.9 Å². The molecule has 4 heteroatoms. The molecule has 32 heavy (non-hydrogen) atoms. The summed E-state index contributed by atoms with van der Waals surface area (Å²) in [5.74, 6) is 1.94. The number of hydrogen-bond acceptors (Lipinski definition) is 3. The van der Waals surface area contributed by atoms with Crippen molar-refractivity contribution in [3.05, 3.63) is 89.0 Å². The molecule has 4 nitrogen and oxygen atoms in total. The highest BCUT2D eigenvalue weighted by molar-refractivity contribution is 5.98. The molecule has 166 valence electrons. The molecule has 0 saturated heterocycles. The van der Waals surface area contributed by atoms with Gasteiger partial charge in [-0.3, -0.25) is 4.79 Å². The van der Waals surface area contributed by atoms with Gasteiger partial charge in [0.15, 0.2) is 11.5 Å². The van der Waals surface area contributed by atoms with Gasteiger partial charge in [0.1, 0.15) is 0 Å². The maximum Gasteiger partial charge on any atom is 0.232 e. The van der Waals surface area contributed by atoms with Crippen LogP contribution in [0.4, 0.5) is 5.69 Å². The van der Waals surface area contributed by atoms with Crippen molar-refractivity contribution in [2.75, 3.05) is 18.1 Å². The van der Waals surface area contributed by atoms with Gasteiger partial charge in [-0.1, -0.05) is 56.3 Å². The number of rotatable bonds is 7. The first-order valence-corrected chi connectivity index (χ1v) is 11.4. The van der Waals surface area contributed by atoms with E-state index >= 15 is 0 Å². The number of amides is 1. The van der Waals surface area contributed by atoms with Gasteiger partial charge in [0.05, 0.1) is 25.7 Å². The third-order valence-electron chi connectivity index (χ3n) is 5.92. The first-order valence-electron chi connectivity index (χ1n) is 11.4. The SMILES string of the molecule is CCOc1cc2c(cc1OCC)C(c1ccccc1)N(c1ccc(C(C)C)cc1)C(=O)C2. The molecule has 1 unspecified atom stereocenters. The van der Waals surface area contributed by atoms with E-state index in [1.54, 1.807) is 0 Å². The lowest BCUT2D eigenvalue weighted by Crippen LogP contribution is -2.41. The molecule has 0 aromatic heterocycles. The Bertz CT molecular complexity index is 1070. The second-order valence-corrected chi connectivity index (χ2v) is 8.36. The first kappa shape index (κ1) is 21.9. The third kappa shape index (κ3) is 4.22. The number of carbonyl (C=O) groups excluding carboxylic acids is 1. The molecule has 0 radical (unpaired) electrons. The maximum atomic E-state index is 13.5. The van der Waals surface area contributed by atoms with E-state index in [9.17, 15) is 4.79 Å². The Morgan fingerprint density at radius 3 is 2.12 bits per heavy atom. The number of hydrogen-bond donors (Lipinski definition) is 0. The molecule has 4 rings (SSSR count). The van der Waals surface area contributed by atoms with Crippen molar-refractivity contribution in [2.45, 2.75) is 46.1 Å². The van der Waals surface area contributed by atoms with Crippen LogP contribution in [0.15, 0.2) is 66.7 Å². The highest BCUT2D eigenvalue weighted by atomic mass is 16.5. The fourth-order valence-corrected chi connectivity index (χ4v) is 4.37. The van der Waals surface area contributed by atoms with Crippen LogP contribution in [0, 0.1) is 0 Å². The second kappa shape index (κ2) is 9.47. The zero-order valence-corrected chi connectivity index (χ0v) is 19.3. The molecule has 0 saturated carbocycles. The molecular formula is C28H31NO3. The largest absolute Gasteiger partial charge is 0.490 e. The molecule has 1 heterocycles. The average Bonchev–Trinajstić information content (AvgIpc) is 2.80. The Balaban J connectivity index is 1.87. The normalized spacial score (nSPS) is 15.6. The van der Waals surface area contributed by atoms with Crippen molar-refractivity contribution in [3.63, 3.8) is 0 Å². The van der Waals surface area contributed by atoms with Crippen molar-refractivity contribution < 1.29 is 14.3 Å². The van der Waals surface area contributed by atoms with Crippen LogP contribution in [0.3, 0.4) is 0 Å². The molecule has 1 aliphatic rings. The van der Waals surface area contributed by atoms with Gasteiger partial charge in [-0.25, -0.2) is 0 Å². The van der Waals surface area contributed by atoms with Crippen LogP contribution in [-0.2, 0) is 11.2 Å². The zero-order valence-electron chi connectivity index (χ0n) is 19.3. The monoisotopic (exact) mass is 429 g/mol. The van der Waals surface area contributed by atoms with Gasteiger partial charge >= 0.3 is 0 Å². The highest BCUT2D eigenvalue weighted by Crippen LogP contribution is 2.43. The van der Waals surface area contributed by atoms with E-state index in [-0.39, 0.29) is 11.9 Å². The molecule has 0 N–H and O–H groups in total. The highest BCUT2D eigenvalue weighted by Gasteiger charge is 2.36. The Morgan fingerprint density at radius 1 is 0.906 bits per heavy atom. The fourth-order valence-electron chi connectivity index (χ4n) is 4.37. The second-order valence-electron chi connectivity index (χ2n) is 8.36. The number of benzene rings is 3. The van der Waals surface area contributed by atoms with Crippen LogP contribution < -0.4 is 14.4 Å². The summed E-state index contributed by atoms with van der Waals surface area (Å²) in [5.41, 5.74) is 5.31. The molecule has 0 fully saturated rings. The third-order valence-corrected chi connectivity index (χ3v) is 5.92. The van der Waals surface area contributed by atoms with Crippen LogP contribution in [0.5, 0.6) is 11.5 Å². The summed E-state index contributed by atoms with van der Waals surface area (Å²) in [6.45, 7) is 9.37.